The van der Waals surface area contributed by atoms with Crippen molar-refractivity contribution in [3.63, 3.8) is 0 Å². The van der Waals surface area contributed by atoms with Gasteiger partial charge in [0.1, 0.15) is 23.0 Å². The third-order valence-corrected chi connectivity index (χ3v) is 2.63. The third-order valence-electron chi connectivity index (χ3n) is 2.63. The molecule has 6 nitrogen and oxygen atoms in total. The number of rotatable bonds is 4. The molecule has 2 amide bonds. The maximum absolute atomic E-state index is 11.5. The van der Waals surface area contributed by atoms with Gasteiger partial charge < -0.3 is 8.83 Å². The summed E-state index contributed by atoms with van der Waals surface area (Å²) in [6.07, 6.45) is 5.54. The molecular weight excluding hydrogens is 284 g/mol. The zero-order chi connectivity index (χ0) is 15.9. The Labute approximate surface area is 127 Å². The van der Waals surface area contributed by atoms with Crippen molar-refractivity contribution in [2.24, 2.45) is 0 Å². The van der Waals surface area contributed by atoms with Gasteiger partial charge in [-0.15, -0.1) is 0 Å². The molecule has 0 radical (unpaired) electrons. The van der Waals surface area contributed by atoms with Crippen LogP contribution >= 0.6 is 0 Å². The largest absolute Gasteiger partial charge is 0.462 e. The summed E-state index contributed by atoms with van der Waals surface area (Å²) in [6, 6.07) is 7.07. The fraction of sp³-hybridized carbons (Fsp3) is 0.125. The van der Waals surface area contributed by atoms with Crippen LogP contribution in [0.25, 0.3) is 12.2 Å². The quantitative estimate of drug-likeness (QED) is 0.670. The Bertz CT molecular complexity index is 660. The predicted molar refractivity (Wildman–Crippen MR) is 81.2 cm³/mol. The van der Waals surface area contributed by atoms with Crippen molar-refractivity contribution in [3.8, 4) is 0 Å². The van der Waals surface area contributed by atoms with Crippen LogP contribution in [0, 0.1) is 13.8 Å². The second kappa shape index (κ2) is 7.12. The zero-order valence-electron chi connectivity index (χ0n) is 12.3. The molecular formula is C16H16N2O4. The molecule has 2 aromatic rings. The monoisotopic (exact) mass is 300 g/mol. The summed E-state index contributed by atoms with van der Waals surface area (Å²) in [7, 11) is 0. The molecule has 2 rings (SSSR count). The van der Waals surface area contributed by atoms with E-state index in [1.54, 1.807) is 24.3 Å². The molecule has 114 valence electrons. The number of amides is 2. The molecule has 0 saturated carbocycles. The van der Waals surface area contributed by atoms with Crippen LogP contribution in [-0.2, 0) is 9.59 Å². The molecule has 6 heteroatoms. The lowest BCUT2D eigenvalue weighted by Crippen LogP contribution is -2.39. The fourth-order valence-electron chi connectivity index (χ4n) is 1.61. The van der Waals surface area contributed by atoms with E-state index >= 15 is 0 Å². The van der Waals surface area contributed by atoms with Crippen molar-refractivity contribution < 1.29 is 18.4 Å². The van der Waals surface area contributed by atoms with Crippen molar-refractivity contribution in [3.05, 3.63) is 59.5 Å². The van der Waals surface area contributed by atoms with Crippen LogP contribution < -0.4 is 10.9 Å². The van der Waals surface area contributed by atoms with Gasteiger partial charge in [-0.1, -0.05) is 0 Å². The molecule has 0 aliphatic carbocycles. The SMILES string of the molecule is Cc1ccc(/C=C/C(=O)NNC(=O)/C=C/c2ccc(C)o2)o1. The first-order chi connectivity index (χ1) is 10.5. The number of aryl methyl sites for hydroxylation is 2. The molecule has 0 aromatic carbocycles. The summed E-state index contributed by atoms with van der Waals surface area (Å²) >= 11 is 0. The number of furan rings is 2. The van der Waals surface area contributed by atoms with Crippen LogP contribution in [-0.4, -0.2) is 11.8 Å². The first-order valence-electron chi connectivity index (χ1n) is 6.62. The highest BCUT2D eigenvalue weighted by molar-refractivity contribution is 5.96. The molecule has 0 atom stereocenters. The Kier molecular flexibility index (Phi) is 4.98. The summed E-state index contributed by atoms with van der Waals surface area (Å²) in [5, 5.41) is 0. The molecule has 0 unspecified atom stereocenters. The number of hydrogen-bond donors (Lipinski definition) is 2. The van der Waals surface area contributed by atoms with Crippen LogP contribution in [0.15, 0.2) is 45.3 Å². The van der Waals surface area contributed by atoms with E-state index in [1.165, 1.54) is 24.3 Å². The van der Waals surface area contributed by atoms with Crippen LogP contribution in [0.4, 0.5) is 0 Å². The van der Waals surface area contributed by atoms with E-state index in [0.717, 1.165) is 11.5 Å². The lowest BCUT2D eigenvalue weighted by atomic mass is 10.4. The Hall–Kier alpha value is -3.02. The minimum atomic E-state index is -0.468. The zero-order valence-corrected chi connectivity index (χ0v) is 12.3. The Balaban J connectivity index is 1.77. The summed E-state index contributed by atoms with van der Waals surface area (Å²) in [5.41, 5.74) is 4.50. The van der Waals surface area contributed by atoms with E-state index in [-0.39, 0.29) is 0 Å². The first kappa shape index (κ1) is 15.4. The molecule has 0 saturated heterocycles. The Morgan fingerprint density at radius 1 is 0.818 bits per heavy atom. The van der Waals surface area contributed by atoms with Gasteiger partial charge in [-0.05, 0) is 50.3 Å². The average Bonchev–Trinajstić information content (AvgIpc) is 3.09. The van der Waals surface area contributed by atoms with E-state index in [1.807, 2.05) is 13.8 Å². The highest BCUT2D eigenvalue weighted by Gasteiger charge is 2.00. The molecule has 0 aliphatic heterocycles. The minimum absolute atomic E-state index is 0.468. The van der Waals surface area contributed by atoms with Crippen LogP contribution in [0.1, 0.15) is 23.0 Å². The van der Waals surface area contributed by atoms with Crippen LogP contribution in [0.5, 0.6) is 0 Å². The molecule has 2 N–H and O–H groups in total. The van der Waals surface area contributed by atoms with Crippen molar-refractivity contribution in [1.82, 2.24) is 10.9 Å². The van der Waals surface area contributed by atoms with Crippen LogP contribution in [0.3, 0.4) is 0 Å². The van der Waals surface area contributed by atoms with Crippen molar-refractivity contribution in [2.45, 2.75) is 13.8 Å². The Morgan fingerprint density at radius 2 is 1.23 bits per heavy atom. The maximum atomic E-state index is 11.5. The van der Waals surface area contributed by atoms with Gasteiger partial charge >= 0.3 is 0 Å². The van der Waals surface area contributed by atoms with E-state index in [4.69, 9.17) is 8.83 Å². The fourth-order valence-corrected chi connectivity index (χ4v) is 1.61. The van der Waals surface area contributed by atoms with Gasteiger partial charge in [0.05, 0.1) is 0 Å². The highest BCUT2D eigenvalue weighted by atomic mass is 16.3. The van der Waals surface area contributed by atoms with Gasteiger partial charge in [-0.3, -0.25) is 20.4 Å². The lowest BCUT2D eigenvalue weighted by Gasteiger charge is -2.00. The van der Waals surface area contributed by atoms with Crippen molar-refractivity contribution >= 4 is 24.0 Å². The number of hydrogen-bond acceptors (Lipinski definition) is 4. The maximum Gasteiger partial charge on any atom is 0.262 e. The normalized spacial score (nSPS) is 11.2. The molecule has 22 heavy (non-hydrogen) atoms. The number of nitrogens with one attached hydrogen (secondary N) is 2. The van der Waals surface area contributed by atoms with Gasteiger partial charge in [0.25, 0.3) is 11.8 Å². The van der Waals surface area contributed by atoms with E-state index in [2.05, 4.69) is 10.9 Å². The topological polar surface area (TPSA) is 84.5 Å². The molecule has 0 aliphatic rings. The smallest absolute Gasteiger partial charge is 0.262 e. The molecule has 0 fully saturated rings. The van der Waals surface area contributed by atoms with E-state index < -0.39 is 11.8 Å². The van der Waals surface area contributed by atoms with Gasteiger partial charge in [-0.2, -0.15) is 0 Å². The van der Waals surface area contributed by atoms with E-state index in [0.29, 0.717) is 11.5 Å². The van der Waals surface area contributed by atoms with Gasteiger partial charge in [0, 0.05) is 12.2 Å². The third kappa shape index (κ3) is 4.82. The summed E-state index contributed by atoms with van der Waals surface area (Å²) < 4.78 is 10.5. The second-order valence-electron chi connectivity index (χ2n) is 4.54. The number of carbonyl (C=O) groups is 2. The summed E-state index contributed by atoms with van der Waals surface area (Å²) in [4.78, 5) is 23.0. The number of hydrazine groups is 1. The number of carbonyl (C=O) groups excluding carboxylic acids is 2. The molecule has 0 spiro atoms. The Morgan fingerprint density at radius 3 is 1.55 bits per heavy atom. The summed E-state index contributed by atoms with van der Waals surface area (Å²) in [5.74, 6) is 1.70. The average molecular weight is 300 g/mol. The standard InChI is InChI=1S/C16H16N2O4/c1-11-3-5-13(21-11)7-9-15(19)17-18-16(20)10-8-14-6-4-12(2)22-14/h3-10H,1-2H3,(H,17,19)(H,18,20)/b9-7+,10-8+. The molecule has 2 aromatic heterocycles. The van der Waals surface area contributed by atoms with E-state index in [9.17, 15) is 9.59 Å². The molecule has 0 bridgehead atoms. The van der Waals surface area contributed by atoms with Crippen molar-refractivity contribution in [2.75, 3.05) is 0 Å². The first-order valence-corrected chi connectivity index (χ1v) is 6.62. The van der Waals surface area contributed by atoms with Gasteiger partial charge in [-0.25, -0.2) is 0 Å². The second-order valence-corrected chi connectivity index (χ2v) is 4.54. The van der Waals surface area contributed by atoms with Gasteiger partial charge in [0.15, 0.2) is 0 Å². The summed E-state index contributed by atoms with van der Waals surface area (Å²) in [6.45, 7) is 3.62. The van der Waals surface area contributed by atoms with Gasteiger partial charge in [0.2, 0.25) is 0 Å². The predicted octanol–water partition coefficient (Wildman–Crippen LogP) is 2.36. The highest BCUT2D eigenvalue weighted by Crippen LogP contribution is 2.08. The molecule has 2 heterocycles. The lowest BCUT2D eigenvalue weighted by molar-refractivity contribution is -0.123. The van der Waals surface area contributed by atoms with Crippen molar-refractivity contribution in [1.29, 1.82) is 0 Å². The van der Waals surface area contributed by atoms with Crippen LogP contribution in [0.2, 0.25) is 0 Å². The minimum Gasteiger partial charge on any atom is -0.462 e.